The van der Waals surface area contributed by atoms with Crippen LogP contribution in [0.1, 0.15) is 25.0 Å². The average molecular weight is 262 g/mol. The molecule has 1 aliphatic heterocycles. The Morgan fingerprint density at radius 2 is 1.84 bits per heavy atom. The van der Waals surface area contributed by atoms with Crippen LogP contribution in [0.5, 0.6) is 0 Å². The SMILES string of the molecule is Cc1cccc(C)c1N1CC(C)(C)N(C)CC1CO. The van der Waals surface area contributed by atoms with Crippen LogP contribution in [-0.4, -0.2) is 48.3 Å². The molecule has 1 heterocycles. The van der Waals surface area contributed by atoms with Gasteiger partial charge in [0.15, 0.2) is 0 Å². The van der Waals surface area contributed by atoms with Crippen molar-refractivity contribution in [2.24, 2.45) is 0 Å². The first-order valence-corrected chi connectivity index (χ1v) is 7.02. The van der Waals surface area contributed by atoms with Crippen molar-refractivity contribution in [2.75, 3.05) is 31.6 Å². The summed E-state index contributed by atoms with van der Waals surface area (Å²) in [5.41, 5.74) is 4.00. The van der Waals surface area contributed by atoms with Gasteiger partial charge < -0.3 is 10.0 Å². The molecular formula is C16H26N2O. The Balaban J connectivity index is 2.41. The molecule has 0 amide bonds. The highest BCUT2D eigenvalue weighted by Gasteiger charge is 2.37. The second kappa shape index (κ2) is 5.14. The summed E-state index contributed by atoms with van der Waals surface area (Å²) in [6.45, 7) is 10.9. The third-order valence-corrected chi connectivity index (χ3v) is 4.45. The van der Waals surface area contributed by atoms with E-state index in [0.717, 1.165) is 13.1 Å². The largest absolute Gasteiger partial charge is 0.394 e. The first-order valence-electron chi connectivity index (χ1n) is 7.02. The first kappa shape index (κ1) is 14.4. The van der Waals surface area contributed by atoms with E-state index >= 15 is 0 Å². The van der Waals surface area contributed by atoms with Gasteiger partial charge in [0.25, 0.3) is 0 Å². The van der Waals surface area contributed by atoms with E-state index in [4.69, 9.17) is 0 Å². The van der Waals surface area contributed by atoms with Crippen molar-refractivity contribution >= 4 is 5.69 Å². The minimum atomic E-state index is 0.125. The van der Waals surface area contributed by atoms with Crippen LogP contribution < -0.4 is 4.90 Å². The van der Waals surface area contributed by atoms with Gasteiger partial charge in [-0.2, -0.15) is 0 Å². The maximum Gasteiger partial charge on any atom is 0.0649 e. The fourth-order valence-electron chi connectivity index (χ4n) is 3.01. The van der Waals surface area contributed by atoms with Crippen LogP contribution in [0.3, 0.4) is 0 Å². The number of hydrogen-bond acceptors (Lipinski definition) is 3. The summed E-state index contributed by atoms with van der Waals surface area (Å²) in [4.78, 5) is 4.74. The lowest BCUT2D eigenvalue weighted by molar-refractivity contribution is 0.0931. The molecule has 1 aliphatic rings. The van der Waals surface area contributed by atoms with Crippen LogP contribution in [0, 0.1) is 13.8 Å². The highest BCUT2D eigenvalue weighted by atomic mass is 16.3. The lowest BCUT2D eigenvalue weighted by Gasteiger charge is -2.51. The van der Waals surface area contributed by atoms with Crippen LogP contribution in [0.25, 0.3) is 0 Å². The molecule has 1 aromatic rings. The van der Waals surface area contributed by atoms with Gasteiger partial charge in [-0.05, 0) is 45.9 Å². The Kier molecular flexibility index (Phi) is 3.88. The molecule has 1 N–H and O–H groups in total. The van der Waals surface area contributed by atoms with Gasteiger partial charge in [-0.25, -0.2) is 0 Å². The molecule has 2 rings (SSSR count). The number of aliphatic hydroxyl groups excluding tert-OH is 1. The zero-order valence-corrected chi connectivity index (χ0v) is 12.8. The normalized spacial score (nSPS) is 23.7. The quantitative estimate of drug-likeness (QED) is 0.885. The van der Waals surface area contributed by atoms with Crippen molar-refractivity contribution in [1.82, 2.24) is 4.90 Å². The van der Waals surface area contributed by atoms with Crippen molar-refractivity contribution < 1.29 is 5.11 Å². The highest BCUT2D eigenvalue weighted by Crippen LogP contribution is 2.32. The molecule has 3 nitrogen and oxygen atoms in total. The fraction of sp³-hybridized carbons (Fsp3) is 0.625. The minimum Gasteiger partial charge on any atom is -0.394 e. The molecule has 0 radical (unpaired) electrons. The molecule has 1 fully saturated rings. The number of hydrogen-bond donors (Lipinski definition) is 1. The van der Waals surface area contributed by atoms with Gasteiger partial charge in [0.2, 0.25) is 0 Å². The third kappa shape index (κ3) is 2.63. The fourth-order valence-corrected chi connectivity index (χ4v) is 3.01. The maximum atomic E-state index is 9.72. The van der Waals surface area contributed by atoms with Crippen LogP contribution in [0.4, 0.5) is 5.69 Å². The molecule has 0 saturated carbocycles. The number of anilines is 1. The van der Waals surface area contributed by atoms with Gasteiger partial charge in [-0.15, -0.1) is 0 Å². The summed E-state index contributed by atoms with van der Waals surface area (Å²) in [6.07, 6.45) is 0. The van der Waals surface area contributed by atoms with Crippen molar-refractivity contribution in [3.63, 3.8) is 0 Å². The van der Waals surface area contributed by atoms with Crippen LogP contribution in [-0.2, 0) is 0 Å². The van der Waals surface area contributed by atoms with E-state index in [1.54, 1.807) is 0 Å². The summed E-state index contributed by atoms with van der Waals surface area (Å²) < 4.78 is 0. The molecule has 19 heavy (non-hydrogen) atoms. The average Bonchev–Trinajstić information content (AvgIpc) is 2.32. The number of aliphatic hydroxyl groups is 1. The maximum absolute atomic E-state index is 9.72. The third-order valence-electron chi connectivity index (χ3n) is 4.45. The highest BCUT2D eigenvalue weighted by molar-refractivity contribution is 5.60. The summed E-state index contributed by atoms with van der Waals surface area (Å²) in [6, 6.07) is 6.59. The molecular weight excluding hydrogens is 236 g/mol. The van der Waals surface area contributed by atoms with Gasteiger partial charge in [0.1, 0.15) is 0 Å². The van der Waals surface area contributed by atoms with Gasteiger partial charge in [-0.3, -0.25) is 4.90 Å². The smallest absolute Gasteiger partial charge is 0.0649 e. The first-order chi connectivity index (χ1) is 8.86. The van der Waals surface area contributed by atoms with Crippen LogP contribution >= 0.6 is 0 Å². The van der Waals surface area contributed by atoms with Gasteiger partial charge in [0.05, 0.1) is 12.6 Å². The van der Waals surface area contributed by atoms with Gasteiger partial charge in [-0.1, -0.05) is 18.2 Å². The molecule has 0 aliphatic carbocycles. The van der Waals surface area contributed by atoms with Gasteiger partial charge in [0, 0.05) is 24.3 Å². The predicted molar refractivity (Wildman–Crippen MR) is 80.8 cm³/mol. The van der Waals surface area contributed by atoms with E-state index in [2.05, 4.69) is 62.7 Å². The number of likely N-dealkylation sites (N-methyl/N-ethyl adjacent to an activating group) is 1. The van der Waals surface area contributed by atoms with Crippen LogP contribution in [0.2, 0.25) is 0 Å². The number of para-hydroxylation sites is 1. The topological polar surface area (TPSA) is 26.7 Å². The Bertz CT molecular complexity index is 436. The second-order valence-corrected chi connectivity index (χ2v) is 6.40. The van der Waals surface area contributed by atoms with E-state index in [1.165, 1.54) is 16.8 Å². The molecule has 1 saturated heterocycles. The predicted octanol–water partition coefficient (Wildman–Crippen LogP) is 2.19. The second-order valence-electron chi connectivity index (χ2n) is 6.40. The lowest BCUT2D eigenvalue weighted by atomic mass is 9.94. The Labute approximate surface area is 116 Å². The Morgan fingerprint density at radius 3 is 2.37 bits per heavy atom. The molecule has 1 atom stereocenters. The number of benzene rings is 1. The zero-order chi connectivity index (χ0) is 14.2. The summed E-state index contributed by atoms with van der Waals surface area (Å²) >= 11 is 0. The molecule has 0 aromatic heterocycles. The number of aryl methyl sites for hydroxylation is 2. The van der Waals surface area contributed by atoms with E-state index in [1.807, 2.05) is 0 Å². The molecule has 1 aromatic carbocycles. The Morgan fingerprint density at radius 1 is 1.26 bits per heavy atom. The summed E-state index contributed by atoms with van der Waals surface area (Å²) in [7, 11) is 2.14. The van der Waals surface area contributed by atoms with Crippen molar-refractivity contribution in [2.45, 2.75) is 39.3 Å². The minimum absolute atomic E-state index is 0.125. The molecule has 1 unspecified atom stereocenters. The Hall–Kier alpha value is -1.06. The van der Waals surface area contributed by atoms with Crippen molar-refractivity contribution in [3.05, 3.63) is 29.3 Å². The summed E-state index contributed by atoms with van der Waals surface area (Å²) in [5, 5.41) is 9.72. The zero-order valence-electron chi connectivity index (χ0n) is 12.8. The number of nitrogens with zero attached hydrogens (tertiary/aromatic N) is 2. The molecule has 0 bridgehead atoms. The van der Waals surface area contributed by atoms with Crippen molar-refractivity contribution in [1.29, 1.82) is 0 Å². The number of piperazine rings is 1. The molecule has 3 heteroatoms. The van der Waals surface area contributed by atoms with E-state index in [-0.39, 0.29) is 18.2 Å². The van der Waals surface area contributed by atoms with Crippen molar-refractivity contribution in [3.8, 4) is 0 Å². The summed E-state index contributed by atoms with van der Waals surface area (Å²) in [5.74, 6) is 0. The standard InChI is InChI=1S/C16H26N2O/c1-12-7-6-8-13(2)15(12)18-11-16(3,4)17(5)9-14(18)10-19/h6-8,14,19H,9-11H2,1-5H3. The van der Waals surface area contributed by atoms with E-state index in [9.17, 15) is 5.11 Å². The van der Waals surface area contributed by atoms with Crippen LogP contribution in [0.15, 0.2) is 18.2 Å². The number of rotatable bonds is 2. The molecule has 106 valence electrons. The van der Waals surface area contributed by atoms with E-state index < -0.39 is 0 Å². The van der Waals surface area contributed by atoms with Gasteiger partial charge >= 0.3 is 0 Å². The molecule has 0 spiro atoms. The lowest BCUT2D eigenvalue weighted by Crippen LogP contribution is -2.63. The van der Waals surface area contributed by atoms with E-state index in [0.29, 0.717) is 0 Å². The monoisotopic (exact) mass is 262 g/mol.